The molecule has 0 fully saturated rings. The minimum atomic E-state index is 0.0512. The fourth-order valence-electron chi connectivity index (χ4n) is 1.78. The Morgan fingerprint density at radius 1 is 1.33 bits per heavy atom. The second-order valence-electron chi connectivity index (χ2n) is 6.42. The van der Waals surface area contributed by atoms with Crippen molar-refractivity contribution in [3.63, 3.8) is 0 Å². The van der Waals surface area contributed by atoms with Crippen LogP contribution in [-0.2, 0) is 6.54 Å². The molecule has 0 atom stereocenters. The Morgan fingerprint density at radius 3 is 2.71 bits per heavy atom. The van der Waals surface area contributed by atoms with E-state index in [0.717, 1.165) is 5.56 Å². The summed E-state index contributed by atoms with van der Waals surface area (Å²) in [7, 11) is 0. The third kappa shape index (κ3) is 4.56. The summed E-state index contributed by atoms with van der Waals surface area (Å²) >= 11 is 0. The molecule has 0 bridgehead atoms. The second-order valence-corrected chi connectivity index (χ2v) is 6.42. The summed E-state index contributed by atoms with van der Waals surface area (Å²) in [6.07, 6.45) is 5.35. The molecular weight excluding hydrogens is 264 g/mol. The van der Waals surface area contributed by atoms with Gasteiger partial charge in [-0.1, -0.05) is 6.07 Å². The van der Waals surface area contributed by atoms with E-state index >= 15 is 0 Å². The summed E-state index contributed by atoms with van der Waals surface area (Å²) in [6.45, 7) is 11.3. The lowest BCUT2D eigenvalue weighted by atomic mass is 10.1. The predicted molar refractivity (Wildman–Crippen MR) is 83.5 cm³/mol. The smallest absolute Gasteiger partial charge is 0.223 e. The van der Waals surface area contributed by atoms with Gasteiger partial charge >= 0.3 is 0 Å². The number of hydrogen-bond donors (Lipinski definition) is 1. The molecule has 0 radical (unpaired) electrons. The molecule has 0 saturated carbocycles. The summed E-state index contributed by atoms with van der Waals surface area (Å²) in [6, 6.07) is 4.26. The third-order valence-corrected chi connectivity index (χ3v) is 2.98. The second kappa shape index (κ2) is 6.26. The summed E-state index contributed by atoms with van der Waals surface area (Å²) < 4.78 is 7.74. The normalized spacial score (nSPS) is 11.9. The molecule has 114 valence electrons. The molecule has 0 amide bonds. The van der Waals surface area contributed by atoms with Crippen molar-refractivity contribution in [2.45, 2.75) is 52.7 Å². The average Bonchev–Trinajstić information content (AvgIpc) is 2.85. The Kier molecular flexibility index (Phi) is 4.63. The van der Waals surface area contributed by atoms with E-state index in [1.54, 1.807) is 12.4 Å². The summed E-state index contributed by atoms with van der Waals surface area (Å²) in [5, 5.41) is 7.72. The van der Waals surface area contributed by atoms with Crippen LogP contribution >= 0.6 is 0 Å². The lowest BCUT2D eigenvalue weighted by Crippen LogP contribution is -2.35. The van der Waals surface area contributed by atoms with E-state index in [1.165, 1.54) is 0 Å². The largest absolute Gasteiger partial charge is 0.435 e. The van der Waals surface area contributed by atoms with Gasteiger partial charge in [-0.25, -0.2) is 4.98 Å². The van der Waals surface area contributed by atoms with E-state index in [1.807, 2.05) is 23.0 Å². The quantitative estimate of drug-likeness (QED) is 0.914. The molecule has 21 heavy (non-hydrogen) atoms. The number of hydrogen-bond acceptors (Lipinski definition) is 4. The monoisotopic (exact) mass is 288 g/mol. The van der Waals surface area contributed by atoms with Gasteiger partial charge in [0.05, 0.1) is 12.4 Å². The van der Waals surface area contributed by atoms with Crippen molar-refractivity contribution in [2.75, 3.05) is 0 Å². The molecule has 5 heteroatoms. The van der Waals surface area contributed by atoms with Gasteiger partial charge in [0.2, 0.25) is 5.88 Å². The van der Waals surface area contributed by atoms with Crippen LogP contribution in [0.3, 0.4) is 0 Å². The highest BCUT2D eigenvalue weighted by atomic mass is 16.5. The molecule has 0 spiro atoms. The van der Waals surface area contributed by atoms with Gasteiger partial charge in [-0.2, -0.15) is 5.10 Å². The van der Waals surface area contributed by atoms with E-state index in [9.17, 15) is 0 Å². The molecule has 0 saturated heterocycles. The van der Waals surface area contributed by atoms with Crippen molar-refractivity contribution < 1.29 is 4.74 Å². The molecule has 0 unspecified atom stereocenters. The highest BCUT2D eigenvalue weighted by molar-refractivity contribution is 5.30. The van der Waals surface area contributed by atoms with Crippen molar-refractivity contribution in [2.24, 2.45) is 0 Å². The Balaban J connectivity index is 2.12. The number of nitrogens with zero attached hydrogens (tertiary/aromatic N) is 3. The standard InChI is InChI=1S/C16H24N4O/c1-12(2)20-11-14(10-19-20)21-15-13(7-6-8-17-15)9-18-16(3,4)5/h6-8,10-12,18H,9H2,1-5H3. The van der Waals surface area contributed by atoms with Crippen LogP contribution in [0.15, 0.2) is 30.7 Å². The van der Waals surface area contributed by atoms with E-state index in [2.05, 4.69) is 50.0 Å². The minimum absolute atomic E-state index is 0.0512. The number of pyridine rings is 1. The van der Waals surface area contributed by atoms with Gasteiger partial charge < -0.3 is 10.1 Å². The molecule has 2 heterocycles. The molecule has 2 aromatic rings. The van der Waals surface area contributed by atoms with E-state index in [0.29, 0.717) is 24.2 Å². The van der Waals surface area contributed by atoms with E-state index in [4.69, 9.17) is 4.74 Å². The molecule has 1 N–H and O–H groups in total. The molecule has 0 aromatic carbocycles. The average molecular weight is 288 g/mol. The third-order valence-electron chi connectivity index (χ3n) is 2.98. The number of ether oxygens (including phenoxy) is 1. The maximum absolute atomic E-state index is 5.87. The van der Waals surface area contributed by atoms with Crippen LogP contribution in [0.25, 0.3) is 0 Å². The van der Waals surface area contributed by atoms with Crippen LogP contribution in [0, 0.1) is 0 Å². The number of rotatable bonds is 5. The molecular formula is C16H24N4O. The predicted octanol–water partition coefficient (Wildman–Crippen LogP) is 3.54. The molecule has 0 aliphatic carbocycles. The lowest BCUT2D eigenvalue weighted by Gasteiger charge is -2.21. The zero-order chi connectivity index (χ0) is 15.5. The summed E-state index contributed by atoms with van der Waals surface area (Å²) in [5.41, 5.74) is 1.08. The lowest BCUT2D eigenvalue weighted by molar-refractivity contribution is 0.409. The van der Waals surface area contributed by atoms with Crippen molar-refractivity contribution in [3.8, 4) is 11.6 Å². The topological polar surface area (TPSA) is 52.0 Å². The molecule has 0 aliphatic heterocycles. The molecule has 5 nitrogen and oxygen atoms in total. The fourth-order valence-corrected chi connectivity index (χ4v) is 1.78. The van der Waals surface area contributed by atoms with Crippen LogP contribution in [-0.4, -0.2) is 20.3 Å². The van der Waals surface area contributed by atoms with Crippen LogP contribution in [0.5, 0.6) is 11.6 Å². The van der Waals surface area contributed by atoms with Crippen molar-refractivity contribution in [1.82, 2.24) is 20.1 Å². The van der Waals surface area contributed by atoms with E-state index < -0.39 is 0 Å². The first kappa shape index (κ1) is 15.5. The summed E-state index contributed by atoms with van der Waals surface area (Å²) in [4.78, 5) is 4.33. The first-order chi connectivity index (χ1) is 9.85. The fraction of sp³-hybridized carbons (Fsp3) is 0.500. The van der Waals surface area contributed by atoms with Crippen molar-refractivity contribution in [3.05, 3.63) is 36.3 Å². The van der Waals surface area contributed by atoms with Crippen LogP contribution in [0.4, 0.5) is 0 Å². The minimum Gasteiger partial charge on any atom is -0.435 e. The summed E-state index contributed by atoms with van der Waals surface area (Å²) in [5.74, 6) is 1.33. The van der Waals surface area contributed by atoms with Gasteiger partial charge in [0.1, 0.15) is 0 Å². The Bertz CT molecular complexity index is 584. The van der Waals surface area contributed by atoms with Gasteiger partial charge in [0.15, 0.2) is 5.75 Å². The van der Waals surface area contributed by atoms with E-state index in [-0.39, 0.29) is 5.54 Å². The highest BCUT2D eigenvalue weighted by Gasteiger charge is 2.12. The van der Waals surface area contributed by atoms with Crippen molar-refractivity contribution >= 4 is 0 Å². The maximum atomic E-state index is 5.87. The van der Waals surface area contributed by atoms with Crippen LogP contribution < -0.4 is 10.1 Å². The van der Waals surface area contributed by atoms with Gasteiger partial charge in [-0.3, -0.25) is 4.68 Å². The highest BCUT2D eigenvalue weighted by Crippen LogP contribution is 2.23. The van der Waals surface area contributed by atoms with Crippen molar-refractivity contribution in [1.29, 1.82) is 0 Å². The zero-order valence-electron chi connectivity index (χ0n) is 13.4. The SMILES string of the molecule is CC(C)n1cc(Oc2ncccc2CNC(C)(C)C)cn1. The van der Waals surface area contributed by atoms with Gasteiger partial charge in [-0.15, -0.1) is 0 Å². The molecule has 0 aliphatic rings. The van der Waals surface area contributed by atoms with Gasteiger partial charge in [-0.05, 0) is 40.7 Å². The number of nitrogens with one attached hydrogen (secondary N) is 1. The molecule has 2 rings (SSSR count). The van der Waals surface area contributed by atoms with Gasteiger partial charge in [0.25, 0.3) is 0 Å². The Labute approximate surface area is 126 Å². The van der Waals surface area contributed by atoms with Crippen LogP contribution in [0.2, 0.25) is 0 Å². The zero-order valence-corrected chi connectivity index (χ0v) is 13.4. The molecule has 2 aromatic heterocycles. The Morgan fingerprint density at radius 2 is 2.10 bits per heavy atom. The number of aromatic nitrogens is 3. The Hall–Kier alpha value is -1.88. The van der Waals surface area contributed by atoms with Gasteiger partial charge in [0, 0.05) is 29.9 Å². The van der Waals surface area contributed by atoms with Crippen LogP contribution in [0.1, 0.15) is 46.2 Å². The first-order valence-electron chi connectivity index (χ1n) is 7.26. The first-order valence-corrected chi connectivity index (χ1v) is 7.26. The maximum Gasteiger partial charge on any atom is 0.223 e.